The van der Waals surface area contributed by atoms with Crippen LogP contribution in [-0.4, -0.2) is 30.9 Å². The number of nitrogens with one attached hydrogen (secondary N) is 2. The molecular formula is C31H35N3O4. The van der Waals surface area contributed by atoms with Crippen molar-refractivity contribution in [2.75, 3.05) is 23.4 Å². The predicted octanol–water partition coefficient (Wildman–Crippen LogP) is 4.86. The highest BCUT2D eigenvalue weighted by molar-refractivity contribution is 6.00. The lowest BCUT2D eigenvalue weighted by atomic mass is 10.1. The summed E-state index contributed by atoms with van der Waals surface area (Å²) in [6, 6.07) is 19.2. The lowest BCUT2D eigenvalue weighted by molar-refractivity contribution is -0.126. The van der Waals surface area contributed by atoms with Crippen molar-refractivity contribution in [1.29, 1.82) is 0 Å². The van der Waals surface area contributed by atoms with Gasteiger partial charge in [0.15, 0.2) is 6.61 Å². The number of hydrogen-bond acceptors (Lipinski definition) is 4. The Morgan fingerprint density at radius 3 is 2.21 bits per heavy atom. The molecule has 7 heteroatoms. The highest BCUT2D eigenvalue weighted by atomic mass is 16.5. The van der Waals surface area contributed by atoms with E-state index in [0.29, 0.717) is 24.5 Å². The Morgan fingerprint density at radius 1 is 0.947 bits per heavy atom. The molecule has 3 amide bonds. The summed E-state index contributed by atoms with van der Waals surface area (Å²) in [5.74, 6) is -0.323. The molecule has 3 aromatic rings. The van der Waals surface area contributed by atoms with Gasteiger partial charge in [0.05, 0.1) is 5.92 Å². The summed E-state index contributed by atoms with van der Waals surface area (Å²) in [4.78, 5) is 39.4. The van der Waals surface area contributed by atoms with Crippen LogP contribution in [0.2, 0.25) is 0 Å². The average Bonchev–Trinajstić information content (AvgIpc) is 3.30. The van der Waals surface area contributed by atoms with Gasteiger partial charge < -0.3 is 20.3 Å². The number of hydrogen-bond donors (Lipinski definition) is 2. The van der Waals surface area contributed by atoms with Crippen LogP contribution in [0.1, 0.15) is 41.2 Å². The molecule has 1 fully saturated rings. The highest BCUT2D eigenvalue weighted by Crippen LogP contribution is 2.27. The van der Waals surface area contributed by atoms with E-state index in [1.165, 1.54) is 5.56 Å². The minimum atomic E-state index is -0.397. The first-order valence-corrected chi connectivity index (χ1v) is 13.0. The van der Waals surface area contributed by atoms with Gasteiger partial charge in [0.2, 0.25) is 11.8 Å². The summed E-state index contributed by atoms with van der Waals surface area (Å²) < 4.78 is 5.66. The minimum absolute atomic E-state index is 0.0886. The molecule has 0 spiro atoms. The highest BCUT2D eigenvalue weighted by Gasteiger charge is 2.35. The Bertz CT molecular complexity index is 1290. The van der Waals surface area contributed by atoms with Gasteiger partial charge >= 0.3 is 0 Å². The number of carbonyl (C=O) groups is 3. The Morgan fingerprint density at radius 2 is 1.58 bits per heavy atom. The van der Waals surface area contributed by atoms with Crippen molar-refractivity contribution in [3.63, 3.8) is 0 Å². The number of rotatable bonds is 9. The van der Waals surface area contributed by atoms with Gasteiger partial charge in [0.25, 0.3) is 5.91 Å². The molecule has 0 radical (unpaired) electrons. The van der Waals surface area contributed by atoms with Crippen LogP contribution < -0.4 is 20.3 Å². The number of ether oxygens (including phenoxy) is 1. The topological polar surface area (TPSA) is 87.7 Å². The summed E-state index contributed by atoms with van der Waals surface area (Å²) in [5.41, 5.74) is 6.95. The van der Waals surface area contributed by atoms with Crippen LogP contribution >= 0.6 is 0 Å². The summed E-state index contributed by atoms with van der Waals surface area (Å²) in [5, 5.41) is 5.88. The summed E-state index contributed by atoms with van der Waals surface area (Å²) >= 11 is 0. The maximum atomic E-state index is 12.7. The van der Waals surface area contributed by atoms with E-state index < -0.39 is 5.92 Å². The second kappa shape index (κ2) is 11.9. The van der Waals surface area contributed by atoms with Gasteiger partial charge in [0, 0.05) is 30.9 Å². The third-order valence-corrected chi connectivity index (χ3v) is 6.85. The number of carbonyl (C=O) groups excluding carboxylic acids is 3. The fourth-order valence-electron chi connectivity index (χ4n) is 4.78. The number of anilines is 2. The molecule has 1 aliphatic heterocycles. The molecule has 0 unspecified atom stereocenters. The van der Waals surface area contributed by atoms with Gasteiger partial charge in [-0.2, -0.15) is 0 Å². The van der Waals surface area contributed by atoms with E-state index in [0.717, 1.165) is 34.4 Å². The van der Waals surface area contributed by atoms with Crippen molar-refractivity contribution in [3.8, 4) is 5.75 Å². The molecule has 198 valence electrons. The predicted molar refractivity (Wildman–Crippen MR) is 149 cm³/mol. The van der Waals surface area contributed by atoms with Gasteiger partial charge in [-0.1, -0.05) is 48.9 Å². The molecule has 7 nitrogen and oxygen atoms in total. The van der Waals surface area contributed by atoms with Crippen molar-refractivity contribution in [2.45, 2.75) is 47.1 Å². The van der Waals surface area contributed by atoms with Crippen molar-refractivity contribution >= 4 is 29.1 Å². The van der Waals surface area contributed by atoms with Crippen LogP contribution in [-0.2, 0) is 27.3 Å². The van der Waals surface area contributed by atoms with Crippen molar-refractivity contribution in [1.82, 2.24) is 5.32 Å². The first-order chi connectivity index (χ1) is 18.2. The Labute approximate surface area is 224 Å². The first kappa shape index (κ1) is 26.9. The molecule has 0 aromatic heterocycles. The number of aryl methyl sites for hydroxylation is 4. The zero-order valence-corrected chi connectivity index (χ0v) is 22.5. The smallest absolute Gasteiger partial charge is 0.262 e. The van der Waals surface area contributed by atoms with E-state index in [2.05, 4.69) is 29.7 Å². The standard InChI is InChI=1S/C31H35N3O4/c1-5-23-6-8-24(9-7-23)17-32-31(37)25-16-29(36)34(18-25)26-10-12-27(13-11-26)38-19-28(35)33-30-21(3)14-20(2)15-22(30)4/h6-15,25H,5,16-19H2,1-4H3,(H,32,37)(H,33,35)/t25-/m0/s1. The van der Waals surface area contributed by atoms with Crippen molar-refractivity contribution in [2.24, 2.45) is 5.92 Å². The summed E-state index contributed by atoms with van der Waals surface area (Å²) in [6.07, 6.45) is 1.15. The molecule has 1 atom stereocenters. The maximum Gasteiger partial charge on any atom is 0.262 e. The minimum Gasteiger partial charge on any atom is -0.484 e. The van der Waals surface area contributed by atoms with E-state index in [-0.39, 0.29) is 30.7 Å². The Kier molecular flexibility index (Phi) is 8.46. The van der Waals surface area contributed by atoms with Gasteiger partial charge in [-0.3, -0.25) is 14.4 Å². The SMILES string of the molecule is CCc1ccc(CNC(=O)[C@H]2CC(=O)N(c3ccc(OCC(=O)Nc4c(C)cc(C)cc4C)cc3)C2)cc1. The molecule has 38 heavy (non-hydrogen) atoms. The van der Waals surface area contributed by atoms with Crippen LogP contribution in [0.15, 0.2) is 60.7 Å². The van der Waals surface area contributed by atoms with Gasteiger partial charge in [-0.05, 0) is 73.7 Å². The average molecular weight is 514 g/mol. The van der Waals surface area contributed by atoms with Crippen LogP contribution in [0.4, 0.5) is 11.4 Å². The number of amides is 3. The molecule has 1 aliphatic rings. The molecule has 1 saturated heterocycles. The van der Waals surface area contributed by atoms with E-state index in [4.69, 9.17) is 4.74 Å². The van der Waals surface area contributed by atoms with E-state index in [9.17, 15) is 14.4 Å². The third kappa shape index (κ3) is 6.59. The van der Waals surface area contributed by atoms with Gasteiger partial charge in [-0.15, -0.1) is 0 Å². The Hall–Kier alpha value is -4.13. The second-order valence-electron chi connectivity index (χ2n) is 9.90. The van der Waals surface area contributed by atoms with Crippen molar-refractivity contribution in [3.05, 3.63) is 88.5 Å². The molecule has 0 saturated carbocycles. The molecule has 2 N–H and O–H groups in total. The van der Waals surface area contributed by atoms with Crippen LogP contribution in [0.25, 0.3) is 0 Å². The maximum absolute atomic E-state index is 12.7. The van der Waals surface area contributed by atoms with Gasteiger partial charge in [0.1, 0.15) is 5.75 Å². The second-order valence-corrected chi connectivity index (χ2v) is 9.90. The monoisotopic (exact) mass is 513 g/mol. The van der Waals surface area contributed by atoms with Crippen LogP contribution in [0.5, 0.6) is 5.75 Å². The molecule has 1 heterocycles. The zero-order valence-electron chi connectivity index (χ0n) is 22.5. The Balaban J connectivity index is 1.27. The molecule has 0 aliphatic carbocycles. The zero-order chi connectivity index (χ0) is 27.2. The van der Waals surface area contributed by atoms with Gasteiger partial charge in [-0.25, -0.2) is 0 Å². The van der Waals surface area contributed by atoms with E-state index in [1.54, 1.807) is 29.2 Å². The van der Waals surface area contributed by atoms with E-state index >= 15 is 0 Å². The van der Waals surface area contributed by atoms with E-state index in [1.807, 2.05) is 45.0 Å². The fraction of sp³-hybridized carbons (Fsp3) is 0.323. The largest absolute Gasteiger partial charge is 0.484 e. The molecule has 3 aromatic carbocycles. The number of nitrogens with zero attached hydrogens (tertiary/aromatic N) is 1. The first-order valence-electron chi connectivity index (χ1n) is 13.0. The lowest BCUT2D eigenvalue weighted by Gasteiger charge is -2.17. The number of benzene rings is 3. The molecule has 0 bridgehead atoms. The summed E-state index contributed by atoms with van der Waals surface area (Å²) in [6.45, 7) is 8.71. The molecular weight excluding hydrogens is 478 g/mol. The fourth-order valence-corrected chi connectivity index (χ4v) is 4.78. The normalized spacial score (nSPS) is 14.9. The quantitative estimate of drug-likeness (QED) is 0.428. The third-order valence-electron chi connectivity index (χ3n) is 6.85. The molecule has 4 rings (SSSR count). The van der Waals surface area contributed by atoms with Crippen LogP contribution in [0, 0.1) is 26.7 Å². The van der Waals surface area contributed by atoms with Crippen molar-refractivity contribution < 1.29 is 19.1 Å². The summed E-state index contributed by atoms with van der Waals surface area (Å²) in [7, 11) is 0. The lowest BCUT2D eigenvalue weighted by Crippen LogP contribution is -2.32. The van der Waals surface area contributed by atoms with Crippen LogP contribution in [0.3, 0.4) is 0 Å².